The van der Waals surface area contributed by atoms with E-state index in [-0.39, 0.29) is 36.3 Å². The number of esters is 1. The molecule has 0 unspecified atom stereocenters. The van der Waals surface area contributed by atoms with E-state index < -0.39 is 35.4 Å². The number of allylic oxidation sites excluding steroid dienone is 1. The van der Waals surface area contributed by atoms with E-state index in [1.807, 2.05) is 32.9 Å². The summed E-state index contributed by atoms with van der Waals surface area (Å²) in [6.07, 6.45) is 7.68. The van der Waals surface area contributed by atoms with Crippen LogP contribution in [0.3, 0.4) is 0 Å². The maximum Gasteiger partial charge on any atom is 0.408 e. The summed E-state index contributed by atoms with van der Waals surface area (Å²) in [4.78, 5) is 51.9. The Hall–Kier alpha value is -4.35. The molecule has 3 aliphatic heterocycles. The normalized spacial score (nSPS) is 27.7. The predicted octanol–water partition coefficient (Wildman–Crippen LogP) is 5.81. The first-order valence-corrected chi connectivity index (χ1v) is 17.4. The Morgan fingerprint density at radius 3 is 2.67 bits per heavy atom. The van der Waals surface area contributed by atoms with Crippen LogP contribution in [0.4, 0.5) is 4.79 Å². The lowest BCUT2D eigenvalue weighted by Gasteiger charge is -2.29. The van der Waals surface area contributed by atoms with Crippen molar-refractivity contribution in [2.75, 3.05) is 13.7 Å². The minimum absolute atomic E-state index is 0.0235. The van der Waals surface area contributed by atoms with Gasteiger partial charge in [-0.3, -0.25) is 4.79 Å². The smallest absolute Gasteiger partial charge is 0.408 e. The van der Waals surface area contributed by atoms with E-state index in [2.05, 4.69) is 17.5 Å². The number of fused-ring (bicyclic) bond motifs is 3. The predicted molar refractivity (Wildman–Crippen MR) is 183 cm³/mol. The maximum atomic E-state index is 14.5. The second-order valence-electron chi connectivity index (χ2n) is 14.7. The SMILES string of the molecule is COc1ccc2c(O[C@@H]3C[C@H]4C5=N[C@@]6(C[C@H]6/C=C\CCCCC[C@H](NC(=O)OC(C)(C)C)C(=O)N4C3)C(=O)O5)cc(OC(C)C)nc2c1C. The van der Waals surface area contributed by atoms with Gasteiger partial charge in [-0.1, -0.05) is 25.0 Å². The minimum atomic E-state index is -0.936. The van der Waals surface area contributed by atoms with Crippen molar-refractivity contribution < 1.29 is 38.1 Å². The molecular formula is C37H48N4O8. The van der Waals surface area contributed by atoms with Crippen LogP contribution in [0.5, 0.6) is 17.4 Å². The Bertz CT molecular complexity index is 1680. The van der Waals surface area contributed by atoms with Gasteiger partial charge in [0.2, 0.25) is 17.7 Å². The lowest BCUT2D eigenvalue weighted by atomic mass is 10.0. The van der Waals surface area contributed by atoms with Gasteiger partial charge < -0.3 is 33.9 Å². The van der Waals surface area contributed by atoms with Crippen molar-refractivity contribution in [1.82, 2.24) is 15.2 Å². The zero-order valence-electron chi connectivity index (χ0n) is 29.5. The van der Waals surface area contributed by atoms with E-state index in [1.165, 1.54) is 0 Å². The van der Waals surface area contributed by atoms with Gasteiger partial charge in [0.15, 0.2) is 5.54 Å². The molecule has 2 aromatic rings. The van der Waals surface area contributed by atoms with Crippen molar-refractivity contribution in [3.63, 3.8) is 0 Å². The number of rotatable bonds is 6. The van der Waals surface area contributed by atoms with Gasteiger partial charge in [0.25, 0.3) is 0 Å². The van der Waals surface area contributed by atoms with E-state index in [0.29, 0.717) is 42.2 Å². The molecule has 49 heavy (non-hydrogen) atoms. The molecule has 264 valence electrons. The first kappa shape index (κ1) is 34.5. The van der Waals surface area contributed by atoms with E-state index >= 15 is 0 Å². The van der Waals surface area contributed by atoms with Crippen molar-refractivity contribution in [2.24, 2.45) is 10.9 Å². The molecule has 2 bridgehead atoms. The number of nitrogens with zero attached hydrogens (tertiary/aromatic N) is 3. The quantitative estimate of drug-likeness (QED) is 0.297. The van der Waals surface area contributed by atoms with E-state index in [4.69, 9.17) is 33.7 Å². The molecule has 1 aromatic carbocycles. The number of hydrogen-bond donors (Lipinski definition) is 1. The largest absolute Gasteiger partial charge is 0.496 e. The average Bonchev–Trinajstić information content (AvgIpc) is 3.38. The molecule has 1 aliphatic carbocycles. The molecule has 6 rings (SSSR count). The number of methoxy groups -OCH3 is 1. The van der Waals surface area contributed by atoms with Crippen LogP contribution in [0.25, 0.3) is 10.9 Å². The highest BCUT2D eigenvalue weighted by molar-refractivity contribution is 6.06. The highest BCUT2D eigenvalue weighted by Crippen LogP contribution is 2.52. The van der Waals surface area contributed by atoms with Crippen LogP contribution in [-0.2, 0) is 19.1 Å². The van der Waals surface area contributed by atoms with Crippen molar-refractivity contribution in [3.8, 4) is 17.4 Å². The number of aliphatic imine (C=N–C) groups is 1. The Morgan fingerprint density at radius 2 is 1.94 bits per heavy atom. The van der Waals surface area contributed by atoms with Crippen molar-refractivity contribution >= 4 is 34.8 Å². The Kier molecular flexibility index (Phi) is 9.52. The average molecular weight is 677 g/mol. The van der Waals surface area contributed by atoms with Crippen molar-refractivity contribution in [1.29, 1.82) is 0 Å². The molecule has 1 N–H and O–H groups in total. The van der Waals surface area contributed by atoms with Gasteiger partial charge in [0.05, 0.1) is 25.3 Å². The number of alkyl carbamates (subject to hydrolysis) is 1. The van der Waals surface area contributed by atoms with Gasteiger partial charge in [-0.05, 0) is 79.4 Å². The first-order chi connectivity index (χ1) is 23.3. The first-order valence-electron chi connectivity index (χ1n) is 17.4. The van der Waals surface area contributed by atoms with Crippen molar-refractivity contribution in [2.45, 2.75) is 122 Å². The highest BCUT2D eigenvalue weighted by Gasteiger charge is 2.65. The third kappa shape index (κ3) is 7.33. The number of carbonyl (C=O) groups is 3. The molecule has 4 aliphatic rings. The van der Waals surface area contributed by atoms with Gasteiger partial charge >= 0.3 is 12.1 Å². The number of carbonyl (C=O) groups excluding carboxylic acids is 3. The molecule has 2 fully saturated rings. The third-order valence-corrected chi connectivity index (χ3v) is 9.39. The summed E-state index contributed by atoms with van der Waals surface area (Å²) in [5, 5.41) is 3.61. The number of benzene rings is 1. The van der Waals surface area contributed by atoms with E-state index in [9.17, 15) is 14.4 Å². The summed E-state index contributed by atoms with van der Waals surface area (Å²) in [5.41, 5.74) is -0.143. The lowest BCUT2D eigenvalue weighted by molar-refractivity contribution is -0.138. The van der Waals surface area contributed by atoms with Gasteiger partial charge in [0, 0.05) is 29.4 Å². The van der Waals surface area contributed by atoms with Crippen LogP contribution in [0.15, 0.2) is 35.3 Å². The Labute approximate surface area is 287 Å². The molecule has 12 nitrogen and oxygen atoms in total. The molecule has 12 heteroatoms. The zero-order chi connectivity index (χ0) is 35.1. The fourth-order valence-electron chi connectivity index (χ4n) is 6.93. The lowest BCUT2D eigenvalue weighted by Crippen LogP contribution is -2.52. The topological polar surface area (TPSA) is 138 Å². The minimum Gasteiger partial charge on any atom is -0.496 e. The number of ether oxygens (including phenoxy) is 5. The molecule has 5 atom stereocenters. The van der Waals surface area contributed by atoms with Crippen LogP contribution in [0.2, 0.25) is 0 Å². The third-order valence-electron chi connectivity index (χ3n) is 9.39. The number of aryl methyl sites for hydroxylation is 1. The van der Waals surface area contributed by atoms with Crippen molar-refractivity contribution in [3.05, 3.63) is 35.9 Å². The summed E-state index contributed by atoms with van der Waals surface area (Å²) >= 11 is 0. The summed E-state index contributed by atoms with van der Waals surface area (Å²) in [6, 6.07) is 4.02. The Balaban J connectivity index is 1.35. The number of aromatic nitrogens is 1. The summed E-state index contributed by atoms with van der Waals surface area (Å²) in [6.45, 7) is 11.3. The summed E-state index contributed by atoms with van der Waals surface area (Å²) < 4.78 is 29.7. The second-order valence-corrected chi connectivity index (χ2v) is 14.7. The zero-order valence-corrected chi connectivity index (χ0v) is 29.5. The standard InChI is InChI=1S/C37H48N4O8/c1-21(2)46-30-18-29(25-15-16-28(45-7)22(3)31(25)39-30)47-24-17-27-32-40-37(34(43)48-32)19-23(37)13-11-9-8-10-12-14-26(33(42)41(27)20-24)38-35(44)49-36(4,5)6/h11,13,15-16,18,21,23-24,26-27H,8-10,12,14,17,19-20H2,1-7H3,(H,38,44)/b13-11-/t23-,24-,26+,27+,37-/m1/s1. The summed E-state index contributed by atoms with van der Waals surface area (Å²) in [7, 11) is 1.62. The van der Waals surface area contributed by atoms with Crippen LogP contribution in [-0.4, -0.2) is 82.8 Å². The molecular weight excluding hydrogens is 628 g/mol. The van der Waals surface area contributed by atoms with E-state index in [1.54, 1.807) is 38.8 Å². The number of pyridine rings is 1. The molecule has 1 saturated heterocycles. The van der Waals surface area contributed by atoms with Gasteiger partial charge in [0.1, 0.15) is 35.3 Å². The van der Waals surface area contributed by atoms with Crippen LogP contribution in [0.1, 0.15) is 85.1 Å². The van der Waals surface area contributed by atoms with Gasteiger partial charge in [-0.2, -0.15) is 0 Å². The molecule has 2 amide bonds. The number of hydrogen-bond acceptors (Lipinski definition) is 10. The molecule has 1 aromatic heterocycles. The van der Waals surface area contributed by atoms with E-state index in [0.717, 1.165) is 36.6 Å². The fraction of sp³-hybridized carbons (Fsp3) is 0.595. The monoisotopic (exact) mass is 676 g/mol. The van der Waals surface area contributed by atoms with Gasteiger partial charge in [-0.15, -0.1) is 0 Å². The highest BCUT2D eigenvalue weighted by atomic mass is 16.6. The molecule has 0 radical (unpaired) electrons. The van der Waals surface area contributed by atoms with Crippen LogP contribution >= 0.6 is 0 Å². The Morgan fingerprint density at radius 1 is 1.14 bits per heavy atom. The molecule has 1 spiro atoms. The van der Waals surface area contributed by atoms with Gasteiger partial charge in [-0.25, -0.2) is 19.6 Å². The number of nitrogens with one attached hydrogen (secondary N) is 1. The fourth-order valence-corrected chi connectivity index (χ4v) is 6.93. The maximum absolute atomic E-state index is 14.5. The number of amides is 2. The van der Waals surface area contributed by atoms with Crippen LogP contribution in [0, 0.1) is 12.8 Å². The summed E-state index contributed by atoms with van der Waals surface area (Å²) in [5.74, 6) is 1.15. The van der Waals surface area contributed by atoms with Crippen LogP contribution < -0.4 is 19.5 Å². The molecule has 4 heterocycles. The molecule has 1 saturated carbocycles. The second kappa shape index (κ2) is 13.5.